The molecule has 4 heteroatoms. The van der Waals surface area contributed by atoms with E-state index in [-0.39, 0.29) is 22.0 Å². The first-order valence-corrected chi connectivity index (χ1v) is 19.9. The summed E-state index contributed by atoms with van der Waals surface area (Å²) in [6.07, 6.45) is 1.97. The predicted octanol–water partition coefficient (Wildman–Crippen LogP) is 13.7. The highest BCUT2D eigenvalue weighted by molar-refractivity contribution is 5.97. The molecule has 0 aliphatic rings. The van der Waals surface area contributed by atoms with Gasteiger partial charge in [-0.25, -0.2) is 4.98 Å². The molecule has 0 saturated carbocycles. The Balaban J connectivity index is 1.35. The van der Waals surface area contributed by atoms with Gasteiger partial charge in [0.15, 0.2) is 0 Å². The van der Waals surface area contributed by atoms with Crippen LogP contribution in [0.25, 0.3) is 61.6 Å². The average molecular weight is 746 g/mol. The first-order valence-electron chi connectivity index (χ1n) is 19.9. The number of nitrogens with zero attached hydrogens (tertiary/aromatic N) is 3. The molecule has 0 aliphatic carbocycles. The Kier molecular flexibility index (Phi) is 9.48. The first-order chi connectivity index (χ1) is 27.2. The topological polar surface area (TPSA) is 50.9 Å². The maximum absolute atomic E-state index is 12.0. The van der Waals surface area contributed by atoms with E-state index in [0.717, 1.165) is 55.8 Å². The average Bonchev–Trinajstić information content (AvgIpc) is 3.60. The number of rotatable bonds is 7. The number of hydrogen-bond acceptors (Lipinski definition) is 3. The van der Waals surface area contributed by atoms with Gasteiger partial charge in [0.1, 0.15) is 11.6 Å². The molecule has 57 heavy (non-hydrogen) atoms. The molecule has 2 aromatic heterocycles. The lowest BCUT2D eigenvalue weighted by molar-refractivity contribution is 0.448. The second-order valence-electron chi connectivity index (χ2n) is 17.8. The lowest BCUT2D eigenvalue weighted by Gasteiger charge is -2.27. The Hall–Kier alpha value is -6.26. The number of benzene rings is 6. The van der Waals surface area contributed by atoms with Crippen molar-refractivity contribution in [1.82, 2.24) is 14.5 Å². The molecule has 0 spiro atoms. The van der Waals surface area contributed by atoms with Gasteiger partial charge in [0.05, 0.1) is 22.3 Å². The number of para-hydroxylation sites is 2. The van der Waals surface area contributed by atoms with Crippen LogP contribution in [0.1, 0.15) is 77.6 Å². The van der Waals surface area contributed by atoms with Crippen LogP contribution in [-0.4, -0.2) is 19.6 Å². The number of phenols is 1. The van der Waals surface area contributed by atoms with Crippen molar-refractivity contribution >= 4 is 11.0 Å². The van der Waals surface area contributed by atoms with Gasteiger partial charge in [-0.1, -0.05) is 165 Å². The zero-order valence-corrected chi connectivity index (χ0v) is 34.3. The van der Waals surface area contributed by atoms with Gasteiger partial charge >= 0.3 is 0 Å². The summed E-state index contributed by atoms with van der Waals surface area (Å²) >= 11 is 0. The summed E-state index contributed by atoms with van der Waals surface area (Å²) < 4.78 is 2.23. The van der Waals surface area contributed by atoms with Crippen molar-refractivity contribution in [1.29, 1.82) is 0 Å². The van der Waals surface area contributed by atoms with Gasteiger partial charge in [0.25, 0.3) is 0 Å². The molecule has 0 fully saturated rings. The van der Waals surface area contributed by atoms with Crippen LogP contribution in [0.2, 0.25) is 0 Å². The van der Waals surface area contributed by atoms with E-state index in [9.17, 15) is 5.11 Å². The van der Waals surface area contributed by atoms with E-state index in [1.165, 1.54) is 16.7 Å². The standard InChI is InChI=1S/C53H51N3O/c1-51(2,3)41-31-37(30-38(32-41)46-29-28-36(34-54-46)35-18-11-9-12-19-35)43-24-17-27-47-48(43)55-50(44-25-16-26-45(49(44)57)52(4,5)6)56(47)42-23-15-22-40(33-42)53(7,8)39-20-13-10-14-21-39/h9-34,57H,1-8H3. The van der Waals surface area contributed by atoms with E-state index in [4.69, 9.17) is 9.97 Å². The lowest BCUT2D eigenvalue weighted by Crippen LogP contribution is -2.19. The number of pyridine rings is 1. The number of imidazole rings is 1. The Bertz CT molecular complexity index is 2710. The maximum Gasteiger partial charge on any atom is 0.149 e. The Morgan fingerprint density at radius 2 is 1.14 bits per heavy atom. The number of hydrogen-bond donors (Lipinski definition) is 1. The van der Waals surface area contributed by atoms with Crippen LogP contribution >= 0.6 is 0 Å². The van der Waals surface area contributed by atoms with Gasteiger partial charge in [0.2, 0.25) is 0 Å². The fraction of sp³-hybridized carbons (Fsp3) is 0.208. The molecule has 0 saturated heterocycles. The van der Waals surface area contributed by atoms with Crippen molar-refractivity contribution in [2.75, 3.05) is 0 Å². The molecule has 6 aromatic carbocycles. The Morgan fingerprint density at radius 3 is 1.82 bits per heavy atom. The third-order valence-corrected chi connectivity index (χ3v) is 11.4. The quantitative estimate of drug-likeness (QED) is 0.177. The van der Waals surface area contributed by atoms with E-state index in [1.54, 1.807) is 0 Å². The van der Waals surface area contributed by atoms with Gasteiger partial charge in [-0.15, -0.1) is 0 Å². The highest BCUT2D eigenvalue weighted by Crippen LogP contribution is 2.43. The maximum atomic E-state index is 12.0. The van der Waals surface area contributed by atoms with Gasteiger partial charge in [0, 0.05) is 34.0 Å². The summed E-state index contributed by atoms with van der Waals surface area (Å²) in [4.78, 5) is 10.5. The summed E-state index contributed by atoms with van der Waals surface area (Å²) in [7, 11) is 0. The minimum Gasteiger partial charge on any atom is -0.507 e. The highest BCUT2D eigenvalue weighted by atomic mass is 16.3. The minimum atomic E-state index is -0.265. The number of aromatic hydroxyl groups is 1. The van der Waals surface area contributed by atoms with Gasteiger partial charge in [-0.2, -0.15) is 0 Å². The molecule has 284 valence electrons. The molecule has 0 aliphatic heterocycles. The molecule has 0 bridgehead atoms. The summed E-state index contributed by atoms with van der Waals surface area (Å²) in [6, 6.07) is 53.4. The second kappa shape index (κ2) is 14.4. The second-order valence-corrected chi connectivity index (χ2v) is 17.8. The fourth-order valence-corrected chi connectivity index (χ4v) is 7.89. The summed E-state index contributed by atoms with van der Waals surface area (Å²) in [5, 5.41) is 12.0. The van der Waals surface area contributed by atoms with Crippen molar-refractivity contribution in [2.45, 2.75) is 71.6 Å². The molecule has 2 heterocycles. The van der Waals surface area contributed by atoms with Crippen molar-refractivity contribution in [3.8, 4) is 56.3 Å². The van der Waals surface area contributed by atoms with Crippen LogP contribution in [-0.2, 0) is 16.2 Å². The van der Waals surface area contributed by atoms with Gasteiger partial charge in [-0.3, -0.25) is 9.55 Å². The molecule has 1 N–H and O–H groups in total. The molecule has 4 nitrogen and oxygen atoms in total. The van der Waals surface area contributed by atoms with Crippen LogP contribution in [0.4, 0.5) is 0 Å². The molecular weight excluding hydrogens is 695 g/mol. The number of aromatic nitrogens is 3. The summed E-state index contributed by atoms with van der Waals surface area (Å²) in [5.41, 5.74) is 13.7. The largest absolute Gasteiger partial charge is 0.507 e. The van der Waals surface area contributed by atoms with E-state index >= 15 is 0 Å². The fourth-order valence-electron chi connectivity index (χ4n) is 7.89. The minimum absolute atomic E-state index is 0.113. The molecule has 8 rings (SSSR count). The van der Waals surface area contributed by atoms with Gasteiger partial charge in [-0.05, 0) is 86.7 Å². The molecular formula is C53H51N3O. The number of phenolic OH excluding ortho intramolecular Hbond substituents is 1. The van der Waals surface area contributed by atoms with Crippen molar-refractivity contribution < 1.29 is 5.11 Å². The molecule has 0 unspecified atom stereocenters. The van der Waals surface area contributed by atoms with E-state index < -0.39 is 0 Å². The van der Waals surface area contributed by atoms with Crippen LogP contribution in [0.3, 0.4) is 0 Å². The Morgan fingerprint density at radius 1 is 0.491 bits per heavy atom. The third kappa shape index (κ3) is 7.17. The van der Waals surface area contributed by atoms with Crippen LogP contribution in [0, 0.1) is 0 Å². The summed E-state index contributed by atoms with van der Waals surface area (Å²) in [6.45, 7) is 17.7. The first kappa shape index (κ1) is 37.7. The zero-order chi connectivity index (χ0) is 40.1. The van der Waals surface area contributed by atoms with Crippen molar-refractivity contribution in [3.05, 3.63) is 180 Å². The van der Waals surface area contributed by atoms with Crippen LogP contribution < -0.4 is 0 Å². The molecule has 0 atom stereocenters. The zero-order valence-electron chi connectivity index (χ0n) is 34.3. The monoisotopic (exact) mass is 745 g/mol. The van der Waals surface area contributed by atoms with Crippen LogP contribution in [0.15, 0.2) is 158 Å². The number of fused-ring (bicyclic) bond motifs is 1. The highest BCUT2D eigenvalue weighted by Gasteiger charge is 2.27. The van der Waals surface area contributed by atoms with Crippen molar-refractivity contribution in [2.24, 2.45) is 0 Å². The molecule has 8 aromatic rings. The molecule has 0 amide bonds. The van der Waals surface area contributed by atoms with E-state index in [0.29, 0.717) is 11.4 Å². The normalized spacial score (nSPS) is 12.3. The predicted molar refractivity (Wildman–Crippen MR) is 238 cm³/mol. The van der Waals surface area contributed by atoms with Gasteiger partial charge < -0.3 is 5.11 Å². The Labute approximate surface area is 337 Å². The van der Waals surface area contributed by atoms with E-state index in [1.807, 2.05) is 30.5 Å². The third-order valence-electron chi connectivity index (χ3n) is 11.4. The molecule has 0 radical (unpaired) electrons. The SMILES string of the molecule is CC(C)(C)c1cc(-c2ccc(-c3ccccc3)cn2)cc(-c2cccc3c2nc(-c2cccc(C(C)(C)C)c2O)n3-c2cccc(C(C)(C)c3ccccc3)c2)c1. The smallest absolute Gasteiger partial charge is 0.149 e. The van der Waals surface area contributed by atoms with Crippen LogP contribution in [0.5, 0.6) is 5.75 Å². The summed E-state index contributed by atoms with van der Waals surface area (Å²) in [5.74, 6) is 0.951. The van der Waals surface area contributed by atoms with Crippen molar-refractivity contribution in [3.63, 3.8) is 0 Å². The lowest BCUT2D eigenvalue weighted by atomic mass is 9.78. The van der Waals surface area contributed by atoms with E-state index in [2.05, 4.69) is 187 Å².